The molecule has 0 heterocycles. The van der Waals surface area contributed by atoms with Crippen LogP contribution in [0.1, 0.15) is 19.4 Å². The van der Waals surface area contributed by atoms with Crippen LogP contribution >= 0.6 is 0 Å². The van der Waals surface area contributed by atoms with Gasteiger partial charge >= 0.3 is 0 Å². The van der Waals surface area contributed by atoms with Crippen molar-refractivity contribution in [1.82, 2.24) is 4.90 Å². The molecular formula is C16H26N2O3. The lowest BCUT2D eigenvalue weighted by molar-refractivity contribution is -0.130. The minimum atomic E-state index is -0.102. The van der Waals surface area contributed by atoms with Gasteiger partial charge in [0, 0.05) is 19.2 Å². The van der Waals surface area contributed by atoms with Gasteiger partial charge in [-0.15, -0.1) is 0 Å². The molecule has 0 aliphatic heterocycles. The van der Waals surface area contributed by atoms with Crippen LogP contribution in [0.2, 0.25) is 0 Å². The molecule has 0 aliphatic carbocycles. The van der Waals surface area contributed by atoms with E-state index in [0.717, 1.165) is 5.56 Å². The van der Waals surface area contributed by atoms with Crippen LogP contribution in [0.15, 0.2) is 18.2 Å². The van der Waals surface area contributed by atoms with Crippen LogP contribution in [-0.2, 0) is 11.2 Å². The standard InChI is InChI=1S/C16H26N2O3/c1-16(2,10-17)11-18(3)15(19)9-12-13(20-4)7-6-8-14(12)21-5/h6-8H,9-11,17H2,1-5H3. The molecule has 0 atom stereocenters. The highest BCUT2D eigenvalue weighted by molar-refractivity contribution is 5.80. The van der Waals surface area contributed by atoms with Crippen molar-refractivity contribution in [3.63, 3.8) is 0 Å². The van der Waals surface area contributed by atoms with E-state index in [-0.39, 0.29) is 17.7 Å². The van der Waals surface area contributed by atoms with E-state index in [1.54, 1.807) is 26.2 Å². The van der Waals surface area contributed by atoms with E-state index in [1.165, 1.54) is 0 Å². The number of methoxy groups -OCH3 is 2. The molecule has 0 saturated heterocycles. The quantitative estimate of drug-likeness (QED) is 0.831. The van der Waals surface area contributed by atoms with Crippen LogP contribution in [0.4, 0.5) is 0 Å². The largest absolute Gasteiger partial charge is 0.496 e. The summed E-state index contributed by atoms with van der Waals surface area (Å²) in [6.45, 7) is 5.23. The Bertz CT molecular complexity index is 464. The number of carbonyl (C=O) groups excluding carboxylic acids is 1. The zero-order chi connectivity index (χ0) is 16.0. The third-order valence-electron chi connectivity index (χ3n) is 3.50. The zero-order valence-corrected chi connectivity index (χ0v) is 13.6. The van der Waals surface area contributed by atoms with Gasteiger partial charge in [-0.1, -0.05) is 19.9 Å². The molecule has 2 N–H and O–H groups in total. The number of rotatable bonds is 7. The Labute approximate surface area is 127 Å². The lowest BCUT2D eigenvalue weighted by Crippen LogP contribution is -2.40. The smallest absolute Gasteiger partial charge is 0.227 e. The van der Waals surface area contributed by atoms with Gasteiger partial charge in [0.2, 0.25) is 5.91 Å². The van der Waals surface area contributed by atoms with E-state index in [0.29, 0.717) is 24.6 Å². The zero-order valence-electron chi connectivity index (χ0n) is 13.6. The first-order valence-electron chi connectivity index (χ1n) is 6.98. The maximum Gasteiger partial charge on any atom is 0.227 e. The van der Waals surface area contributed by atoms with Crippen LogP contribution in [0.3, 0.4) is 0 Å². The van der Waals surface area contributed by atoms with E-state index in [2.05, 4.69) is 0 Å². The number of hydrogen-bond donors (Lipinski definition) is 1. The van der Waals surface area contributed by atoms with Crippen molar-refractivity contribution in [3.8, 4) is 11.5 Å². The molecule has 0 unspecified atom stereocenters. The topological polar surface area (TPSA) is 64.8 Å². The van der Waals surface area contributed by atoms with Gasteiger partial charge < -0.3 is 20.1 Å². The first kappa shape index (κ1) is 17.3. The summed E-state index contributed by atoms with van der Waals surface area (Å²) in [6, 6.07) is 5.50. The number of benzene rings is 1. The van der Waals surface area contributed by atoms with Crippen LogP contribution < -0.4 is 15.2 Å². The molecule has 0 fully saturated rings. The third-order valence-corrected chi connectivity index (χ3v) is 3.50. The molecule has 5 nitrogen and oxygen atoms in total. The van der Waals surface area contributed by atoms with Crippen LogP contribution in [-0.4, -0.2) is 45.2 Å². The average Bonchev–Trinajstić information content (AvgIpc) is 2.46. The van der Waals surface area contributed by atoms with Crippen molar-refractivity contribution in [3.05, 3.63) is 23.8 Å². The van der Waals surface area contributed by atoms with Crippen molar-refractivity contribution in [1.29, 1.82) is 0 Å². The average molecular weight is 294 g/mol. The van der Waals surface area contributed by atoms with Crippen molar-refractivity contribution in [2.75, 3.05) is 34.4 Å². The normalized spacial score (nSPS) is 11.1. The van der Waals surface area contributed by atoms with E-state index in [1.807, 2.05) is 32.0 Å². The van der Waals surface area contributed by atoms with E-state index < -0.39 is 0 Å². The number of carbonyl (C=O) groups is 1. The third kappa shape index (κ3) is 4.63. The van der Waals surface area contributed by atoms with Gasteiger partial charge in [0.1, 0.15) is 11.5 Å². The first-order chi connectivity index (χ1) is 9.84. The number of nitrogens with zero attached hydrogens (tertiary/aromatic N) is 1. The molecule has 1 aromatic rings. The van der Waals surface area contributed by atoms with E-state index >= 15 is 0 Å². The summed E-state index contributed by atoms with van der Waals surface area (Å²) in [4.78, 5) is 14.1. The molecule has 5 heteroatoms. The molecule has 0 spiro atoms. The summed E-state index contributed by atoms with van der Waals surface area (Å²) in [7, 11) is 4.97. The fourth-order valence-electron chi connectivity index (χ4n) is 2.18. The van der Waals surface area contributed by atoms with Crippen LogP contribution in [0, 0.1) is 5.41 Å². The molecule has 1 amide bonds. The fraction of sp³-hybridized carbons (Fsp3) is 0.562. The molecule has 118 valence electrons. The Hall–Kier alpha value is -1.75. The number of amides is 1. The highest BCUT2D eigenvalue weighted by Gasteiger charge is 2.23. The lowest BCUT2D eigenvalue weighted by atomic mass is 9.93. The molecule has 0 aliphatic rings. The summed E-state index contributed by atoms with van der Waals surface area (Å²) in [5, 5.41) is 0. The Balaban J connectivity index is 2.88. The van der Waals surface area contributed by atoms with Crippen molar-refractivity contribution >= 4 is 5.91 Å². The number of likely N-dealkylation sites (N-methyl/N-ethyl adjacent to an activating group) is 1. The van der Waals surface area contributed by atoms with Crippen LogP contribution in [0.5, 0.6) is 11.5 Å². The van der Waals surface area contributed by atoms with E-state index in [9.17, 15) is 4.79 Å². The predicted octanol–water partition coefficient (Wildman–Crippen LogP) is 1.69. The summed E-state index contributed by atoms with van der Waals surface area (Å²) < 4.78 is 10.6. The minimum Gasteiger partial charge on any atom is -0.496 e. The fourth-order valence-corrected chi connectivity index (χ4v) is 2.18. The molecule has 0 saturated carbocycles. The molecule has 0 bridgehead atoms. The molecule has 1 aromatic carbocycles. The predicted molar refractivity (Wildman–Crippen MR) is 83.7 cm³/mol. The lowest BCUT2D eigenvalue weighted by Gasteiger charge is -2.29. The second kappa shape index (κ2) is 7.31. The molecule has 0 radical (unpaired) electrons. The van der Waals surface area contributed by atoms with Gasteiger partial charge in [-0.25, -0.2) is 0 Å². The number of nitrogens with two attached hydrogens (primary N) is 1. The first-order valence-corrected chi connectivity index (χ1v) is 6.98. The van der Waals surface area contributed by atoms with Gasteiger partial charge in [-0.05, 0) is 24.1 Å². The van der Waals surface area contributed by atoms with Crippen LogP contribution in [0.25, 0.3) is 0 Å². The monoisotopic (exact) mass is 294 g/mol. The Kier molecular flexibility index (Phi) is 6.03. The maximum absolute atomic E-state index is 12.4. The molecule has 0 aromatic heterocycles. The molecule has 21 heavy (non-hydrogen) atoms. The molecule has 1 rings (SSSR count). The van der Waals surface area contributed by atoms with E-state index in [4.69, 9.17) is 15.2 Å². The van der Waals surface area contributed by atoms with Gasteiger partial charge in [0.25, 0.3) is 0 Å². The Morgan fingerprint density at radius 1 is 1.24 bits per heavy atom. The van der Waals surface area contributed by atoms with Crippen molar-refractivity contribution < 1.29 is 14.3 Å². The van der Waals surface area contributed by atoms with Gasteiger partial charge in [-0.3, -0.25) is 4.79 Å². The summed E-state index contributed by atoms with van der Waals surface area (Å²) in [5.41, 5.74) is 6.39. The minimum absolute atomic E-state index is 0.0133. The summed E-state index contributed by atoms with van der Waals surface area (Å²) >= 11 is 0. The maximum atomic E-state index is 12.4. The highest BCUT2D eigenvalue weighted by Crippen LogP contribution is 2.29. The van der Waals surface area contributed by atoms with Gasteiger partial charge in [0.15, 0.2) is 0 Å². The molecular weight excluding hydrogens is 268 g/mol. The second-order valence-electron chi connectivity index (χ2n) is 5.94. The van der Waals surface area contributed by atoms with Gasteiger partial charge in [-0.2, -0.15) is 0 Å². The summed E-state index contributed by atoms with van der Waals surface area (Å²) in [5.74, 6) is 1.34. The number of ether oxygens (including phenoxy) is 2. The Morgan fingerprint density at radius 2 is 1.76 bits per heavy atom. The van der Waals surface area contributed by atoms with Crippen molar-refractivity contribution in [2.45, 2.75) is 20.3 Å². The summed E-state index contributed by atoms with van der Waals surface area (Å²) in [6.07, 6.45) is 0.240. The highest BCUT2D eigenvalue weighted by atomic mass is 16.5. The SMILES string of the molecule is COc1cccc(OC)c1CC(=O)N(C)CC(C)(C)CN. The van der Waals surface area contributed by atoms with Crippen molar-refractivity contribution in [2.24, 2.45) is 11.1 Å². The second-order valence-corrected chi connectivity index (χ2v) is 5.94. The Morgan fingerprint density at radius 3 is 2.19 bits per heavy atom. The van der Waals surface area contributed by atoms with Gasteiger partial charge in [0.05, 0.1) is 20.6 Å². The number of hydrogen-bond acceptors (Lipinski definition) is 4.